The molecule has 166 valence electrons. The van der Waals surface area contributed by atoms with Crippen LogP contribution in [-0.2, 0) is 20.9 Å². The summed E-state index contributed by atoms with van der Waals surface area (Å²) in [4.78, 5) is 12.3. The van der Waals surface area contributed by atoms with Gasteiger partial charge in [-0.15, -0.1) is 0 Å². The van der Waals surface area contributed by atoms with E-state index in [1.165, 1.54) is 12.1 Å². The van der Waals surface area contributed by atoms with Gasteiger partial charge in [-0.3, -0.25) is 0 Å². The van der Waals surface area contributed by atoms with Gasteiger partial charge < -0.3 is 44.8 Å². The van der Waals surface area contributed by atoms with E-state index in [1.807, 2.05) is 0 Å². The second kappa shape index (κ2) is 9.40. The van der Waals surface area contributed by atoms with Crippen molar-refractivity contribution < 1.29 is 49.6 Å². The largest absolute Gasteiger partial charge is 0.462 e. The van der Waals surface area contributed by atoms with Gasteiger partial charge in [0, 0.05) is 5.56 Å². The molecular weight excluding hydrogens is 400 g/mol. The Hall–Kier alpha value is -2.05. The molecule has 10 nitrogen and oxygen atoms in total. The van der Waals surface area contributed by atoms with Gasteiger partial charge in [0.1, 0.15) is 36.8 Å². The molecule has 1 aliphatic heterocycles. The van der Waals surface area contributed by atoms with Crippen LogP contribution in [-0.4, -0.2) is 85.6 Å². The van der Waals surface area contributed by atoms with Crippen molar-refractivity contribution in [3.8, 4) is 5.75 Å². The molecule has 6 N–H and O–H groups in total. The lowest BCUT2D eigenvalue weighted by Crippen LogP contribution is -2.60. The minimum atomic E-state index is -2.13. The lowest BCUT2D eigenvalue weighted by Gasteiger charge is -2.39. The Balaban J connectivity index is 1.70. The minimum absolute atomic E-state index is 0.154. The molecule has 10 heteroatoms. The Morgan fingerprint density at radius 1 is 1.13 bits per heavy atom. The minimum Gasteiger partial charge on any atom is -0.462 e. The predicted molar refractivity (Wildman–Crippen MR) is 100.0 cm³/mol. The number of benzene rings is 1. The van der Waals surface area contributed by atoms with Crippen molar-refractivity contribution >= 4 is 5.97 Å². The van der Waals surface area contributed by atoms with Crippen LogP contribution in [0.25, 0.3) is 0 Å². The SMILES string of the molecule is O=C(OCc1ccccc1OC1OC(CO)C(O)C(O)C1O)C1(O)C=CCCC1O. The van der Waals surface area contributed by atoms with E-state index < -0.39 is 55.0 Å². The van der Waals surface area contributed by atoms with E-state index in [2.05, 4.69) is 0 Å². The highest BCUT2D eigenvalue weighted by Gasteiger charge is 2.45. The molecule has 0 amide bonds. The molecule has 1 aromatic rings. The number of rotatable bonds is 6. The Morgan fingerprint density at radius 3 is 2.57 bits per heavy atom. The van der Waals surface area contributed by atoms with Gasteiger partial charge in [0.05, 0.1) is 12.7 Å². The Kier molecular flexibility index (Phi) is 7.09. The second-order valence-electron chi connectivity index (χ2n) is 7.32. The summed E-state index contributed by atoms with van der Waals surface area (Å²) in [6.07, 6.45) is -4.97. The Labute approximate surface area is 172 Å². The first kappa shape index (κ1) is 22.6. The summed E-state index contributed by atoms with van der Waals surface area (Å²) in [5, 5.41) is 59.5. The third kappa shape index (κ3) is 4.49. The number of para-hydroxylation sites is 1. The summed E-state index contributed by atoms with van der Waals surface area (Å²) in [5.74, 6) is -0.866. The third-order valence-corrected chi connectivity index (χ3v) is 5.24. The molecule has 0 radical (unpaired) electrons. The van der Waals surface area contributed by atoms with Gasteiger partial charge in [0.2, 0.25) is 11.9 Å². The van der Waals surface area contributed by atoms with Crippen molar-refractivity contribution in [3.05, 3.63) is 42.0 Å². The molecule has 0 spiro atoms. The molecule has 2 aliphatic rings. The summed E-state index contributed by atoms with van der Waals surface area (Å²) in [6.45, 7) is -0.909. The zero-order valence-electron chi connectivity index (χ0n) is 16.1. The fourth-order valence-electron chi connectivity index (χ4n) is 3.34. The second-order valence-corrected chi connectivity index (χ2v) is 7.32. The smallest absolute Gasteiger partial charge is 0.345 e. The molecule has 1 heterocycles. The molecule has 1 fully saturated rings. The number of carbonyl (C=O) groups excluding carboxylic acids is 1. The molecule has 1 saturated heterocycles. The number of hydrogen-bond donors (Lipinski definition) is 6. The lowest BCUT2D eigenvalue weighted by molar-refractivity contribution is -0.277. The number of aliphatic hydroxyl groups excluding tert-OH is 5. The average molecular weight is 426 g/mol. The standard InChI is InChI=1S/C20H26O10/c21-9-13-15(23)16(24)17(25)18(30-13)29-12-6-2-1-5-11(12)10-28-19(26)20(27)8-4-3-7-14(20)22/h1-2,4-6,8,13-18,21-25,27H,3,7,9-10H2. The average Bonchev–Trinajstić information content (AvgIpc) is 2.75. The third-order valence-electron chi connectivity index (χ3n) is 5.24. The van der Waals surface area contributed by atoms with Gasteiger partial charge in [0.15, 0.2) is 0 Å². The van der Waals surface area contributed by atoms with E-state index in [4.69, 9.17) is 14.2 Å². The van der Waals surface area contributed by atoms with Crippen molar-refractivity contribution in [2.45, 2.75) is 61.9 Å². The van der Waals surface area contributed by atoms with Gasteiger partial charge >= 0.3 is 5.97 Å². The molecule has 7 atom stereocenters. The quantitative estimate of drug-likeness (QED) is 0.229. The molecule has 30 heavy (non-hydrogen) atoms. The van der Waals surface area contributed by atoms with Crippen LogP contribution in [0.3, 0.4) is 0 Å². The topological polar surface area (TPSA) is 166 Å². The van der Waals surface area contributed by atoms with Crippen LogP contribution in [0, 0.1) is 0 Å². The number of carbonyl (C=O) groups is 1. The zero-order valence-corrected chi connectivity index (χ0v) is 16.1. The highest BCUT2D eigenvalue weighted by molar-refractivity contribution is 5.83. The monoisotopic (exact) mass is 426 g/mol. The van der Waals surface area contributed by atoms with Crippen LogP contribution in [0.4, 0.5) is 0 Å². The van der Waals surface area contributed by atoms with E-state index in [9.17, 15) is 35.4 Å². The van der Waals surface area contributed by atoms with Gasteiger partial charge in [0.25, 0.3) is 0 Å². The van der Waals surface area contributed by atoms with Crippen LogP contribution in [0.15, 0.2) is 36.4 Å². The highest BCUT2D eigenvalue weighted by Crippen LogP contribution is 2.28. The number of hydrogen-bond acceptors (Lipinski definition) is 10. The lowest BCUT2D eigenvalue weighted by atomic mass is 9.88. The first-order valence-corrected chi connectivity index (χ1v) is 9.58. The van der Waals surface area contributed by atoms with Crippen LogP contribution >= 0.6 is 0 Å². The van der Waals surface area contributed by atoms with Gasteiger partial charge in [-0.2, -0.15) is 0 Å². The van der Waals surface area contributed by atoms with E-state index in [0.29, 0.717) is 12.0 Å². The summed E-state index contributed by atoms with van der Waals surface area (Å²) < 4.78 is 16.1. The van der Waals surface area contributed by atoms with Crippen molar-refractivity contribution in [3.63, 3.8) is 0 Å². The predicted octanol–water partition coefficient (Wildman–Crippen LogP) is -1.65. The molecule has 1 aromatic carbocycles. The van der Waals surface area contributed by atoms with E-state index >= 15 is 0 Å². The summed E-state index contributed by atoms with van der Waals surface area (Å²) in [6, 6.07) is 6.34. The van der Waals surface area contributed by atoms with Crippen molar-refractivity contribution in [2.24, 2.45) is 0 Å². The van der Waals surface area contributed by atoms with Gasteiger partial charge in [-0.1, -0.05) is 24.3 Å². The fraction of sp³-hybridized carbons (Fsp3) is 0.550. The van der Waals surface area contributed by atoms with Gasteiger partial charge in [-0.05, 0) is 25.0 Å². The number of esters is 1. The maximum atomic E-state index is 12.3. The first-order valence-electron chi connectivity index (χ1n) is 9.58. The van der Waals surface area contributed by atoms with Crippen LogP contribution in [0.2, 0.25) is 0 Å². The molecule has 7 unspecified atom stereocenters. The molecule has 1 aliphatic carbocycles. The van der Waals surface area contributed by atoms with E-state index in [-0.39, 0.29) is 18.8 Å². The van der Waals surface area contributed by atoms with Crippen molar-refractivity contribution in [2.75, 3.05) is 6.61 Å². The Morgan fingerprint density at radius 2 is 1.87 bits per heavy atom. The van der Waals surface area contributed by atoms with Crippen LogP contribution in [0.5, 0.6) is 5.75 Å². The summed E-state index contributed by atoms with van der Waals surface area (Å²) in [5.41, 5.74) is -1.77. The van der Waals surface area contributed by atoms with E-state index in [0.717, 1.165) is 0 Å². The molecule has 0 aromatic heterocycles. The number of allylic oxidation sites excluding steroid dienone is 1. The van der Waals surface area contributed by atoms with E-state index in [1.54, 1.807) is 24.3 Å². The molecule has 3 rings (SSSR count). The van der Waals surface area contributed by atoms with Crippen LogP contribution in [0.1, 0.15) is 18.4 Å². The van der Waals surface area contributed by atoms with Crippen molar-refractivity contribution in [1.29, 1.82) is 0 Å². The summed E-state index contributed by atoms with van der Waals surface area (Å²) in [7, 11) is 0. The normalized spacial score (nSPS) is 36.3. The zero-order chi connectivity index (χ0) is 21.9. The fourth-order valence-corrected chi connectivity index (χ4v) is 3.34. The maximum absolute atomic E-state index is 12.3. The van der Waals surface area contributed by atoms with Crippen molar-refractivity contribution in [1.82, 2.24) is 0 Å². The number of aliphatic hydroxyl groups is 6. The van der Waals surface area contributed by atoms with Crippen LogP contribution < -0.4 is 4.74 Å². The number of ether oxygens (including phenoxy) is 3. The van der Waals surface area contributed by atoms with Gasteiger partial charge in [-0.25, -0.2) is 4.79 Å². The first-order chi connectivity index (χ1) is 14.3. The maximum Gasteiger partial charge on any atom is 0.345 e. The highest BCUT2D eigenvalue weighted by atomic mass is 16.7. The Bertz CT molecular complexity index is 766. The molecule has 0 bridgehead atoms. The molecule has 0 saturated carbocycles. The molecular formula is C20H26O10. The summed E-state index contributed by atoms with van der Waals surface area (Å²) >= 11 is 0.